The molecular weight excluding hydrogens is 1300 g/mol. The van der Waals surface area contributed by atoms with Crippen LogP contribution in [0, 0.1) is 0 Å². The van der Waals surface area contributed by atoms with Gasteiger partial charge in [-0.25, -0.2) is 28.8 Å². The van der Waals surface area contributed by atoms with Crippen molar-refractivity contribution in [2.24, 2.45) is 0 Å². The molecule has 0 saturated heterocycles. The zero-order valence-electron chi connectivity index (χ0n) is 61.1. The van der Waals surface area contributed by atoms with Gasteiger partial charge in [0.15, 0.2) is 23.1 Å². The van der Waals surface area contributed by atoms with Crippen LogP contribution in [0.3, 0.4) is 0 Å². The first-order valence-corrected chi connectivity index (χ1v) is 35.9. The SMILES string of the molecule is C=C(C)C(=O)OCCCOc1c2cc(C(=O)CCCCC)cc1Cc1cc(C(=O)CCCCC)cc(c1OCCCOC(=O)C(=C)C)Cc1cc(C(=O)CCCCC)cc(c1OCCCOC(=O)/C=C\C(=O)OC)Cc1cc(C(=O)CCCCC)cc(c1OCCCOC(=O)/C=C\C(=O)OC)C2. The minimum Gasteiger partial charge on any atom is -0.493 e. The van der Waals surface area contributed by atoms with Crippen LogP contribution in [0.25, 0.3) is 0 Å². The van der Waals surface area contributed by atoms with Gasteiger partial charge in [-0.05, 0) is 133 Å². The summed E-state index contributed by atoms with van der Waals surface area (Å²) in [4.78, 5) is 134. The van der Waals surface area contributed by atoms with Gasteiger partial charge in [0.05, 0.1) is 67.1 Å². The van der Waals surface area contributed by atoms with Crippen LogP contribution in [0.15, 0.2) is 97.1 Å². The van der Waals surface area contributed by atoms with Crippen molar-refractivity contribution in [3.63, 3.8) is 0 Å². The Kier molecular flexibility index (Phi) is 37.0. The molecule has 0 radical (unpaired) electrons. The highest BCUT2D eigenvalue weighted by molar-refractivity contribution is 6.00. The van der Waals surface area contributed by atoms with E-state index in [1.807, 2.05) is 12.1 Å². The van der Waals surface area contributed by atoms with Gasteiger partial charge < -0.3 is 47.4 Å². The van der Waals surface area contributed by atoms with Crippen molar-refractivity contribution in [3.05, 3.63) is 164 Å². The first kappa shape index (κ1) is 83.2. The average molecular weight is 1410 g/mol. The molecule has 0 N–H and O–H groups in total. The molecule has 0 spiro atoms. The molecule has 0 atom stereocenters. The van der Waals surface area contributed by atoms with Gasteiger partial charge >= 0.3 is 35.8 Å². The smallest absolute Gasteiger partial charge is 0.333 e. The molecule has 102 heavy (non-hydrogen) atoms. The van der Waals surface area contributed by atoms with Crippen LogP contribution in [0.1, 0.15) is 256 Å². The van der Waals surface area contributed by atoms with E-state index < -0.39 is 35.8 Å². The molecule has 8 bridgehead atoms. The maximum atomic E-state index is 14.9. The zero-order chi connectivity index (χ0) is 74.3. The van der Waals surface area contributed by atoms with E-state index >= 15 is 0 Å². The molecule has 4 aromatic rings. The Balaban J connectivity index is 1.98. The number of rotatable bonds is 46. The van der Waals surface area contributed by atoms with E-state index in [9.17, 15) is 47.9 Å². The lowest BCUT2D eigenvalue weighted by Crippen LogP contribution is -2.15. The highest BCUT2D eigenvalue weighted by Gasteiger charge is 2.28. The van der Waals surface area contributed by atoms with Crippen LogP contribution in [0.4, 0.5) is 0 Å². The molecule has 1 aliphatic rings. The second-order valence-corrected chi connectivity index (χ2v) is 25.4. The molecule has 0 heterocycles. The topological polar surface area (TPSA) is 263 Å². The standard InChI is InChI=1S/C82H104O20/c1-11-15-19-27-69(83)57-43-61-51-62-44-58(70(84)28-20-16-12-2)46-64(78(62)98-38-24-36-96-76(90)34-32-74(88)94-10)53-66-48-60(72(86)30-22-18-14-4)50-68(80(66)100-40-26-42-102-82(92)56(7)8)54-67-49-59(71(85)29-21-17-13-3)47-65(79(67)99-39-25-41-101-81(91)55(5)6)52-63(45-57)77(61)97-37-23-35-95-75(89)33-31-73(87)93-9/h31-34,43-50H,5,7,11-30,35-42,51-54H2,1-4,6,8-10H3/b33-31-,34-32-. The Morgan fingerprint density at radius 1 is 0.314 bits per heavy atom. The minimum absolute atomic E-state index is 0.00230. The Bertz CT molecular complexity index is 3410. The Morgan fingerprint density at radius 3 is 0.735 bits per heavy atom. The summed E-state index contributed by atoms with van der Waals surface area (Å²) in [6.07, 6.45) is 14.5. The van der Waals surface area contributed by atoms with E-state index in [-0.39, 0.29) is 164 Å². The van der Waals surface area contributed by atoms with E-state index in [0.717, 1.165) is 75.7 Å². The maximum absolute atomic E-state index is 14.9. The Labute approximate surface area is 601 Å². The van der Waals surface area contributed by atoms with Crippen molar-refractivity contribution in [1.82, 2.24) is 0 Å². The van der Waals surface area contributed by atoms with E-state index in [1.165, 1.54) is 14.2 Å². The van der Waals surface area contributed by atoms with Crippen LogP contribution < -0.4 is 18.9 Å². The van der Waals surface area contributed by atoms with E-state index in [0.29, 0.717) is 115 Å². The monoisotopic (exact) mass is 1410 g/mol. The van der Waals surface area contributed by atoms with Crippen LogP contribution >= 0.6 is 0 Å². The number of esters is 6. The quantitative estimate of drug-likeness (QED) is 0.0115. The summed E-state index contributed by atoms with van der Waals surface area (Å²) in [5, 5.41) is 0. The van der Waals surface area contributed by atoms with Crippen LogP contribution in [-0.2, 0) is 82.9 Å². The minimum atomic E-state index is -0.787. The number of carbonyl (C=O) groups is 10. The number of methoxy groups -OCH3 is 2. The van der Waals surface area contributed by atoms with Crippen LogP contribution in [0.2, 0.25) is 0 Å². The molecule has 0 saturated carbocycles. The fraction of sp³-hybridized carbons (Fsp3) is 0.488. The van der Waals surface area contributed by atoms with Gasteiger partial charge in [-0.2, -0.15) is 0 Å². The third kappa shape index (κ3) is 28.2. The lowest BCUT2D eigenvalue weighted by Gasteiger charge is -2.25. The normalized spacial score (nSPS) is 11.7. The molecule has 0 aliphatic heterocycles. The Morgan fingerprint density at radius 2 is 0.529 bits per heavy atom. The van der Waals surface area contributed by atoms with Gasteiger partial charge in [0.1, 0.15) is 23.0 Å². The predicted molar refractivity (Wildman–Crippen MR) is 387 cm³/mol. The van der Waals surface area contributed by atoms with Gasteiger partial charge in [-0.3, -0.25) is 19.2 Å². The summed E-state index contributed by atoms with van der Waals surface area (Å²) in [5.41, 5.74) is 6.08. The third-order valence-electron chi connectivity index (χ3n) is 16.7. The van der Waals surface area contributed by atoms with E-state index in [4.69, 9.17) is 37.9 Å². The number of carbonyl (C=O) groups excluding carboxylic acids is 10. The van der Waals surface area contributed by atoms with Crippen LogP contribution in [-0.4, -0.2) is 126 Å². The van der Waals surface area contributed by atoms with Crippen molar-refractivity contribution in [3.8, 4) is 23.0 Å². The van der Waals surface area contributed by atoms with Crippen molar-refractivity contribution in [2.75, 3.05) is 67.1 Å². The first-order valence-electron chi connectivity index (χ1n) is 35.9. The molecule has 0 aromatic heterocycles. The predicted octanol–water partition coefficient (Wildman–Crippen LogP) is 15.3. The largest absolute Gasteiger partial charge is 0.493 e. The highest BCUT2D eigenvalue weighted by atomic mass is 16.6. The summed E-state index contributed by atoms with van der Waals surface area (Å²) in [6, 6.07) is 14.4. The number of benzene rings is 4. The second-order valence-electron chi connectivity index (χ2n) is 25.4. The lowest BCUT2D eigenvalue weighted by molar-refractivity contribution is -0.140. The maximum Gasteiger partial charge on any atom is 0.333 e. The average Bonchev–Trinajstić information content (AvgIpc) is 0.771. The number of fused-ring (bicyclic) bond motifs is 8. The number of hydrogen-bond donors (Lipinski definition) is 0. The number of ketones is 4. The number of Topliss-reactive ketones (excluding diaryl/α,β-unsaturated/α-hetero) is 4. The first-order chi connectivity index (χ1) is 49.1. The van der Waals surface area contributed by atoms with Gasteiger partial charge in [0.2, 0.25) is 0 Å². The Hall–Kier alpha value is -9.46. The molecule has 4 aromatic carbocycles. The second kappa shape index (κ2) is 45.4. The fourth-order valence-corrected chi connectivity index (χ4v) is 11.4. The molecule has 20 heteroatoms. The fourth-order valence-electron chi connectivity index (χ4n) is 11.4. The molecule has 0 unspecified atom stereocenters. The molecular formula is C82H104O20. The lowest BCUT2D eigenvalue weighted by atomic mass is 9.86. The summed E-state index contributed by atoms with van der Waals surface area (Å²) in [7, 11) is 2.37. The summed E-state index contributed by atoms with van der Waals surface area (Å²) in [6.45, 7) is 18.4. The van der Waals surface area contributed by atoms with Crippen molar-refractivity contribution in [2.45, 2.75) is 196 Å². The molecule has 552 valence electrons. The molecule has 20 nitrogen and oxygen atoms in total. The van der Waals surface area contributed by atoms with E-state index in [2.05, 4.69) is 50.3 Å². The summed E-state index contributed by atoms with van der Waals surface area (Å²) < 4.78 is 59.1. The number of hydrogen-bond acceptors (Lipinski definition) is 20. The van der Waals surface area contributed by atoms with Gasteiger partial charge in [0, 0.05) is 135 Å². The molecule has 0 fully saturated rings. The zero-order valence-corrected chi connectivity index (χ0v) is 61.1. The molecule has 5 rings (SSSR count). The summed E-state index contributed by atoms with van der Waals surface area (Å²) >= 11 is 0. The van der Waals surface area contributed by atoms with Crippen LogP contribution in [0.5, 0.6) is 23.0 Å². The van der Waals surface area contributed by atoms with Gasteiger partial charge in [0.25, 0.3) is 0 Å². The third-order valence-corrected chi connectivity index (χ3v) is 16.7. The van der Waals surface area contributed by atoms with Gasteiger partial charge in [-0.1, -0.05) is 92.2 Å². The van der Waals surface area contributed by atoms with Crippen molar-refractivity contribution in [1.29, 1.82) is 0 Å². The van der Waals surface area contributed by atoms with Gasteiger partial charge in [-0.15, -0.1) is 0 Å². The summed E-state index contributed by atoms with van der Waals surface area (Å²) in [5.74, 6) is -3.33. The molecule has 1 aliphatic carbocycles. The number of unbranched alkanes of at least 4 members (excludes halogenated alkanes) is 8. The number of ether oxygens (including phenoxy) is 10. The highest BCUT2D eigenvalue weighted by Crippen LogP contribution is 2.42. The van der Waals surface area contributed by atoms with Crippen molar-refractivity contribution < 1.29 is 95.3 Å². The molecule has 0 amide bonds. The van der Waals surface area contributed by atoms with E-state index in [1.54, 1.807) is 50.2 Å². The van der Waals surface area contributed by atoms with Crippen molar-refractivity contribution >= 4 is 58.9 Å².